The molecule has 0 aliphatic carbocycles. The van der Waals surface area contributed by atoms with Crippen molar-refractivity contribution >= 4 is 22.9 Å². The van der Waals surface area contributed by atoms with Crippen LogP contribution in [0.15, 0.2) is 18.2 Å². The smallest absolute Gasteiger partial charge is 0.221 e. The predicted molar refractivity (Wildman–Crippen MR) is 78.6 cm³/mol. The van der Waals surface area contributed by atoms with Crippen LogP contribution in [-0.4, -0.2) is 28.6 Å². The van der Waals surface area contributed by atoms with Crippen molar-refractivity contribution in [1.82, 2.24) is 14.9 Å². The maximum Gasteiger partial charge on any atom is 0.221 e. The molecule has 0 aliphatic rings. The number of nitrogen functional groups attached to an aromatic ring is 1. The summed E-state index contributed by atoms with van der Waals surface area (Å²) >= 11 is 0. The number of imidazole rings is 1. The Morgan fingerprint density at radius 2 is 2.25 bits per heavy atom. The van der Waals surface area contributed by atoms with Gasteiger partial charge in [0.25, 0.3) is 0 Å². The number of aromatic nitrogens is 2. The second-order valence-electron chi connectivity index (χ2n) is 4.95. The standard InChI is InChI=1S/C14H20N4O2/c1-9(2)16-13(19)6-7-18-12-5-4-10(20-3)8-11(12)17-14(18)15/h4-5,8-9H,6-7H2,1-3H3,(H2,15,17)(H,16,19). The average Bonchev–Trinajstić information content (AvgIpc) is 2.70. The number of carbonyl (C=O) groups is 1. The van der Waals surface area contributed by atoms with E-state index >= 15 is 0 Å². The van der Waals surface area contributed by atoms with Gasteiger partial charge in [0, 0.05) is 25.1 Å². The van der Waals surface area contributed by atoms with Gasteiger partial charge in [0.2, 0.25) is 11.9 Å². The van der Waals surface area contributed by atoms with Crippen LogP contribution in [-0.2, 0) is 11.3 Å². The molecule has 0 atom stereocenters. The fourth-order valence-corrected chi connectivity index (χ4v) is 2.10. The van der Waals surface area contributed by atoms with Crippen LogP contribution in [0.5, 0.6) is 5.75 Å². The van der Waals surface area contributed by atoms with Crippen molar-refractivity contribution in [3.8, 4) is 5.75 Å². The molecule has 0 fully saturated rings. The lowest BCUT2D eigenvalue weighted by molar-refractivity contribution is -0.121. The summed E-state index contributed by atoms with van der Waals surface area (Å²) in [6.07, 6.45) is 0.375. The van der Waals surface area contributed by atoms with Crippen molar-refractivity contribution in [2.24, 2.45) is 0 Å². The van der Waals surface area contributed by atoms with E-state index in [0.29, 0.717) is 18.9 Å². The van der Waals surface area contributed by atoms with E-state index in [9.17, 15) is 4.79 Å². The lowest BCUT2D eigenvalue weighted by Gasteiger charge is -2.10. The molecule has 20 heavy (non-hydrogen) atoms. The lowest BCUT2D eigenvalue weighted by atomic mass is 10.3. The summed E-state index contributed by atoms with van der Waals surface area (Å²) < 4.78 is 7.00. The SMILES string of the molecule is COc1ccc2c(c1)nc(N)n2CCC(=O)NC(C)C. The summed E-state index contributed by atoms with van der Waals surface area (Å²) in [4.78, 5) is 16.0. The van der Waals surface area contributed by atoms with Crippen LogP contribution in [0.1, 0.15) is 20.3 Å². The monoisotopic (exact) mass is 276 g/mol. The number of anilines is 1. The third-order valence-electron chi connectivity index (χ3n) is 3.00. The Hall–Kier alpha value is -2.24. The molecule has 0 unspecified atom stereocenters. The van der Waals surface area contributed by atoms with E-state index < -0.39 is 0 Å². The minimum Gasteiger partial charge on any atom is -0.497 e. The number of hydrogen-bond donors (Lipinski definition) is 2. The maximum atomic E-state index is 11.7. The number of benzene rings is 1. The quantitative estimate of drug-likeness (QED) is 0.868. The Labute approximate surface area is 117 Å². The minimum absolute atomic E-state index is 0.00904. The first kappa shape index (κ1) is 14.2. The van der Waals surface area contributed by atoms with Crippen molar-refractivity contribution in [1.29, 1.82) is 0 Å². The van der Waals surface area contributed by atoms with Gasteiger partial charge in [0.1, 0.15) is 5.75 Å². The number of carbonyl (C=O) groups excluding carboxylic acids is 1. The molecule has 1 aromatic heterocycles. The van der Waals surface area contributed by atoms with Gasteiger partial charge in [-0.3, -0.25) is 4.79 Å². The average molecular weight is 276 g/mol. The van der Waals surface area contributed by atoms with Crippen LogP contribution in [0.2, 0.25) is 0 Å². The van der Waals surface area contributed by atoms with E-state index in [0.717, 1.165) is 16.8 Å². The number of nitrogens with two attached hydrogens (primary N) is 1. The molecule has 2 rings (SSSR count). The summed E-state index contributed by atoms with van der Waals surface area (Å²) in [7, 11) is 1.61. The van der Waals surface area contributed by atoms with Crippen LogP contribution in [0, 0.1) is 0 Å². The Kier molecular flexibility index (Phi) is 4.12. The fraction of sp³-hybridized carbons (Fsp3) is 0.429. The van der Waals surface area contributed by atoms with E-state index in [1.807, 2.05) is 36.6 Å². The number of methoxy groups -OCH3 is 1. The molecule has 0 saturated heterocycles. The largest absolute Gasteiger partial charge is 0.497 e. The van der Waals surface area contributed by atoms with Crippen LogP contribution < -0.4 is 15.8 Å². The molecule has 6 heteroatoms. The Bertz CT molecular complexity index is 619. The molecule has 2 aromatic rings. The van der Waals surface area contributed by atoms with Gasteiger partial charge in [-0.15, -0.1) is 0 Å². The van der Waals surface area contributed by atoms with Crippen molar-refractivity contribution in [2.45, 2.75) is 32.9 Å². The van der Waals surface area contributed by atoms with Crippen LogP contribution >= 0.6 is 0 Å². The summed E-state index contributed by atoms with van der Waals surface area (Å²) in [5, 5.41) is 2.86. The summed E-state index contributed by atoms with van der Waals surface area (Å²) in [6.45, 7) is 4.38. The maximum absolute atomic E-state index is 11.7. The van der Waals surface area contributed by atoms with Gasteiger partial charge >= 0.3 is 0 Å². The highest BCUT2D eigenvalue weighted by atomic mass is 16.5. The molecule has 1 heterocycles. The zero-order valence-corrected chi connectivity index (χ0v) is 12.0. The van der Waals surface area contributed by atoms with Crippen molar-refractivity contribution < 1.29 is 9.53 Å². The Morgan fingerprint density at radius 1 is 1.50 bits per heavy atom. The highest BCUT2D eigenvalue weighted by Gasteiger charge is 2.11. The van der Waals surface area contributed by atoms with Crippen molar-refractivity contribution in [3.05, 3.63) is 18.2 Å². The molecule has 0 aliphatic heterocycles. The lowest BCUT2D eigenvalue weighted by Crippen LogP contribution is -2.30. The van der Waals surface area contributed by atoms with E-state index in [4.69, 9.17) is 10.5 Å². The first-order valence-electron chi connectivity index (χ1n) is 6.60. The third-order valence-corrected chi connectivity index (χ3v) is 3.00. The molecule has 0 saturated carbocycles. The van der Waals surface area contributed by atoms with Crippen molar-refractivity contribution in [3.63, 3.8) is 0 Å². The zero-order valence-electron chi connectivity index (χ0n) is 12.0. The Morgan fingerprint density at radius 3 is 2.90 bits per heavy atom. The van der Waals surface area contributed by atoms with Gasteiger partial charge < -0.3 is 20.4 Å². The molecule has 0 radical (unpaired) electrons. The fourth-order valence-electron chi connectivity index (χ4n) is 2.10. The number of aryl methyl sites for hydroxylation is 1. The first-order valence-corrected chi connectivity index (χ1v) is 6.60. The molecule has 3 N–H and O–H groups in total. The molecular weight excluding hydrogens is 256 g/mol. The highest BCUT2D eigenvalue weighted by molar-refractivity contribution is 5.80. The van der Waals surface area contributed by atoms with Gasteiger partial charge in [-0.05, 0) is 26.0 Å². The molecule has 1 amide bonds. The van der Waals surface area contributed by atoms with Crippen LogP contribution in [0.3, 0.4) is 0 Å². The number of amides is 1. The van der Waals surface area contributed by atoms with Crippen molar-refractivity contribution in [2.75, 3.05) is 12.8 Å². The number of nitrogens with one attached hydrogen (secondary N) is 1. The van der Waals surface area contributed by atoms with Crippen LogP contribution in [0.25, 0.3) is 11.0 Å². The third kappa shape index (κ3) is 3.01. The van der Waals surface area contributed by atoms with E-state index in [-0.39, 0.29) is 11.9 Å². The zero-order chi connectivity index (χ0) is 14.7. The predicted octanol–water partition coefficient (Wildman–Crippen LogP) is 1.54. The summed E-state index contributed by atoms with van der Waals surface area (Å²) in [6, 6.07) is 5.73. The molecule has 1 aromatic carbocycles. The number of nitrogens with zero attached hydrogens (tertiary/aromatic N) is 2. The van der Waals surface area contributed by atoms with E-state index in [1.54, 1.807) is 7.11 Å². The molecule has 6 nitrogen and oxygen atoms in total. The summed E-state index contributed by atoms with van der Waals surface area (Å²) in [5.74, 6) is 1.15. The molecule has 108 valence electrons. The minimum atomic E-state index is 0.00904. The van der Waals surface area contributed by atoms with E-state index in [1.165, 1.54) is 0 Å². The number of ether oxygens (including phenoxy) is 1. The van der Waals surface area contributed by atoms with Gasteiger partial charge in [-0.1, -0.05) is 0 Å². The number of hydrogen-bond acceptors (Lipinski definition) is 4. The van der Waals surface area contributed by atoms with E-state index in [2.05, 4.69) is 10.3 Å². The van der Waals surface area contributed by atoms with Gasteiger partial charge in [-0.2, -0.15) is 0 Å². The van der Waals surface area contributed by atoms with Gasteiger partial charge in [-0.25, -0.2) is 4.98 Å². The molecule has 0 spiro atoms. The number of fused-ring (bicyclic) bond motifs is 1. The highest BCUT2D eigenvalue weighted by Crippen LogP contribution is 2.23. The molecule has 0 bridgehead atoms. The molecular formula is C14H20N4O2. The van der Waals surface area contributed by atoms with Crippen LogP contribution in [0.4, 0.5) is 5.95 Å². The Balaban J connectivity index is 2.17. The summed E-state index contributed by atoms with van der Waals surface area (Å²) in [5.41, 5.74) is 7.58. The van der Waals surface area contributed by atoms with Gasteiger partial charge in [0.05, 0.1) is 18.1 Å². The first-order chi connectivity index (χ1) is 9.51. The normalized spacial score (nSPS) is 11.0. The number of rotatable bonds is 5. The van der Waals surface area contributed by atoms with Gasteiger partial charge in [0.15, 0.2) is 0 Å². The second kappa shape index (κ2) is 5.81. The second-order valence-corrected chi connectivity index (χ2v) is 4.95. The topological polar surface area (TPSA) is 82.2 Å².